The number of para-hydroxylation sites is 1. The second-order valence-electron chi connectivity index (χ2n) is 7.10. The Bertz CT molecular complexity index is 1190. The highest BCUT2D eigenvalue weighted by molar-refractivity contribution is 9.10. The van der Waals surface area contributed by atoms with Crippen LogP contribution in [0.3, 0.4) is 0 Å². The number of carbonyl (C=O) groups is 1. The first-order valence-corrected chi connectivity index (χ1v) is 12.4. The Kier molecular flexibility index (Phi) is 5.47. The third-order valence-corrected chi connectivity index (χ3v) is 7.82. The molecule has 0 spiro atoms. The largest absolute Gasteiger partial charge is 0.311 e. The van der Waals surface area contributed by atoms with Crippen LogP contribution >= 0.6 is 39.5 Å². The van der Waals surface area contributed by atoms with Crippen molar-refractivity contribution in [3.63, 3.8) is 0 Å². The number of rotatable bonds is 4. The Morgan fingerprint density at radius 3 is 2.77 bits per heavy atom. The summed E-state index contributed by atoms with van der Waals surface area (Å²) in [5, 5.41) is 0.574. The number of carbonyl (C=O) groups excluding carboxylic acids is 1. The number of fused-ring (bicyclic) bond motifs is 2. The van der Waals surface area contributed by atoms with Crippen molar-refractivity contribution in [1.29, 1.82) is 0 Å². The van der Waals surface area contributed by atoms with Crippen LogP contribution in [-0.4, -0.2) is 33.5 Å². The van der Waals surface area contributed by atoms with Crippen LogP contribution in [0.15, 0.2) is 67.9 Å². The van der Waals surface area contributed by atoms with Crippen LogP contribution < -0.4 is 10.5 Å². The standard InChI is InChI=1S/C22H18BrN3O2S2/c23-15-5-7-16(8-6-15)26-21(28)20-17(10-12-29-20)24-22(26)30-13-19(27)25-11-9-14-3-1-2-4-18(14)25/h1-8H,9-13H2. The zero-order valence-electron chi connectivity index (χ0n) is 16.0. The molecule has 152 valence electrons. The van der Waals surface area contributed by atoms with E-state index in [0.29, 0.717) is 11.7 Å². The first kappa shape index (κ1) is 19.9. The van der Waals surface area contributed by atoms with E-state index in [9.17, 15) is 9.59 Å². The van der Waals surface area contributed by atoms with Gasteiger partial charge in [0.05, 0.1) is 22.0 Å². The van der Waals surface area contributed by atoms with Gasteiger partial charge in [-0.3, -0.25) is 14.2 Å². The molecule has 2 aliphatic heterocycles. The fourth-order valence-electron chi connectivity index (χ4n) is 3.81. The van der Waals surface area contributed by atoms with Gasteiger partial charge in [0.1, 0.15) is 0 Å². The van der Waals surface area contributed by atoms with Crippen molar-refractivity contribution in [1.82, 2.24) is 9.55 Å². The van der Waals surface area contributed by atoms with E-state index in [2.05, 4.69) is 22.0 Å². The van der Waals surface area contributed by atoms with Crippen LogP contribution in [0, 0.1) is 0 Å². The van der Waals surface area contributed by atoms with Gasteiger partial charge in [-0.05, 0) is 42.3 Å². The highest BCUT2D eigenvalue weighted by atomic mass is 79.9. The van der Waals surface area contributed by atoms with Crippen molar-refractivity contribution in [2.24, 2.45) is 0 Å². The number of hydrogen-bond donors (Lipinski definition) is 0. The molecule has 2 aliphatic rings. The number of nitrogens with zero attached hydrogens (tertiary/aromatic N) is 3. The topological polar surface area (TPSA) is 55.2 Å². The molecular weight excluding hydrogens is 482 g/mol. The molecule has 0 atom stereocenters. The number of halogens is 1. The Balaban J connectivity index is 1.46. The van der Waals surface area contributed by atoms with E-state index < -0.39 is 0 Å². The maximum absolute atomic E-state index is 13.2. The molecule has 2 aromatic carbocycles. The van der Waals surface area contributed by atoms with E-state index in [0.717, 1.165) is 45.0 Å². The number of anilines is 1. The van der Waals surface area contributed by atoms with Gasteiger partial charge in [0.15, 0.2) is 5.16 Å². The minimum absolute atomic E-state index is 0.0384. The van der Waals surface area contributed by atoms with Crippen molar-refractivity contribution in [2.45, 2.75) is 22.9 Å². The molecule has 1 amide bonds. The van der Waals surface area contributed by atoms with Gasteiger partial charge in [-0.15, -0.1) is 11.8 Å². The molecule has 8 heteroatoms. The average molecular weight is 500 g/mol. The molecular formula is C22H18BrN3O2S2. The van der Waals surface area contributed by atoms with E-state index in [1.165, 1.54) is 17.3 Å². The molecule has 0 radical (unpaired) electrons. The van der Waals surface area contributed by atoms with Crippen LogP contribution in [-0.2, 0) is 17.6 Å². The Morgan fingerprint density at radius 2 is 1.93 bits per heavy atom. The van der Waals surface area contributed by atoms with Crippen LogP contribution in [0.1, 0.15) is 11.3 Å². The minimum atomic E-state index is -0.0497. The second-order valence-corrected chi connectivity index (χ2v) is 10.1. The quantitative estimate of drug-likeness (QED) is 0.395. The molecule has 1 aromatic heterocycles. The number of benzene rings is 2. The smallest absolute Gasteiger partial charge is 0.272 e. The number of amides is 1. The van der Waals surface area contributed by atoms with Gasteiger partial charge in [-0.25, -0.2) is 4.98 Å². The van der Waals surface area contributed by atoms with E-state index in [1.807, 2.05) is 47.4 Å². The van der Waals surface area contributed by atoms with Gasteiger partial charge < -0.3 is 4.90 Å². The second kappa shape index (κ2) is 8.24. The first-order chi connectivity index (χ1) is 14.6. The molecule has 5 nitrogen and oxygen atoms in total. The van der Waals surface area contributed by atoms with Crippen LogP contribution in [0.25, 0.3) is 5.69 Å². The van der Waals surface area contributed by atoms with E-state index in [-0.39, 0.29) is 17.2 Å². The van der Waals surface area contributed by atoms with Gasteiger partial charge in [0, 0.05) is 28.9 Å². The van der Waals surface area contributed by atoms with Crippen LogP contribution in [0.2, 0.25) is 0 Å². The highest BCUT2D eigenvalue weighted by Crippen LogP contribution is 2.32. The van der Waals surface area contributed by atoms with Gasteiger partial charge in [0.2, 0.25) is 5.91 Å². The highest BCUT2D eigenvalue weighted by Gasteiger charge is 2.26. The molecule has 0 saturated heterocycles. The minimum Gasteiger partial charge on any atom is -0.311 e. The summed E-state index contributed by atoms with van der Waals surface area (Å²) in [6.07, 6.45) is 1.67. The summed E-state index contributed by atoms with van der Waals surface area (Å²) in [7, 11) is 0. The number of aromatic nitrogens is 2. The Morgan fingerprint density at radius 1 is 1.13 bits per heavy atom. The van der Waals surface area contributed by atoms with E-state index in [1.54, 1.807) is 16.3 Å². The van der Waals surface area contributed by atoms with Crippen molar-refractivity contribution < 1.29 is 4.79 Å². The summed E-state index contributed by atoms with van der Waals surface area (Å²) in [4.78, 5) is 33.5. The summed E-state index contributed by atoms with van der Waals surface area (Å²) in [6.45, 7) is 0.701. The summed E-state index contributed by atoms with van der Waals surface area (Å²) >= 11 is 6.34. The first-order valence-electron chi connectivity index (χ1n) is 9.67. The average Bonchev–Trinajstić information content (AvgIpc) is 3.40. The molecule has 0 unspecified atom stereocenters. The predicted molar refractivity (Wildman–Crippen MR) is 125 cm³/mol. The van der Waals surface area contributed by atoms with Crippen LogP contribution in [0.5, 0.6) is 0 Å². The maximum Gasteiger partial charge on any atom is 0.272 e. The lowest BCUT2D eigenvalue weighted by Gasteiger charge is -2.18. The van der Waals surface area contributed by atoms with E-state index >= 15 is 0 Å². The molecule has 3 aromatic rings. The number of aryl methyl sites for hydroxylation is 1. The molecule has 0 aliphatic carbocycles. The Labute approximate surface area is 191 Å². The molecule has 3 heterocycles. The lowest BCUT2D eigenvalue weighted by molar-refractivity contribution is -0.116. The fourth-order valence-corrected chi connectivity index (χ4v) is 6.00. The summed E-state index contributed by atoms with van der Waals surface area (Å²) in [5.74, 6) is 1.15. The number of hydrogen-bond acceptors (Lipinski definition) is 5. The third-order valence-electron chi connectivity index (χ3n) is 5.26. The predicted octanol–water partition coefficient (Wildman–Crippen LogP) is 4.32. The van der Waals surface area contributed by atoms with Crippen molar-refractivity contribution in [2.75, 3.05) is 23.0 Å². The maximum atomic E-state index is 13.2. The van der Waals surface area contributed by atoms with Gasteiger partial charge in [-0.1, -0.05) is 45.9 Å². The third kappa shape index (κ3) is 3.61. The van der Waals surface area contributed by atoms with Crippen molar-refractivity contribution >= 4 is 51.0 Å². The summed E-state index contributed by atoms with van der Waals surface area (Å²) < 4.78 is 2.58. The SMILES string of the molecule is O=C(CSc1nc2c(c(=O)n1-c1ccc(Br)cc1)SCC2)N1CCc2ccccc21. The molecule has 0 saturated carbocycles. The normalized spacial score (nSPS) is 14.6. The van der Waals surface area contributed by atoms with E-state index in [4.69, 9.17) is 4.98 Å². The van der Waals surface area contributed by atoms with Gasteiger partial charge >= 0.3 is 0 Å². The summed E-state index contributed by atoms with van der Waals surface area (Å²) in [6, 6.07) is 15.6. The van der Waals surface area contributed by atoms with Crippen molar-refractivity contribution in [3.8, 4) is 5.69 Å². The molecule has 5 rings (SSSR count). The zero-order valence-corrected chi connectivity index (χ0v) is 19.2. The molecule has 0 fully saturated rings. The zero-order chi connectivity index (χ0) is 20.7. The molecule has 0 N–H and O–H groups in total. The van der Waals surface area contributed by atoms with Crippen LogP contribution in [0.4, 0.5) is 5.69 Å². The molecule has 0 bridgehead atoms. The lowest BCUT2D eigenvalue weighted by Crippen LogP contribution is -2.31. The van der Waals surface area contributed by atoms with Gasteiger partial charge in [0.25, 0.3) is 5.56 Å². The molecule has 30 heavy (non-hydrogen) atoms. The number of thioether (sulfide) groups is 2. The van der Waals surface area contributed by atoms with Gasteiger partial charge in [-0.2, -0.15) is 0 Å². The summed E-state index contributed by atoms with van der Waals surface area (Å²) in [5.41, 5.74) is 3.75. The lowest BCUT2D eigenvalue weighted by atomic mass is 10.2. The monoisotopic (exact) mass is 499 g/mol. The van der Waals surface area contributed by atoms with Crippen molar-refractivity contribution in [3.05, 3.63) is 74.6 Å². The fraction of sp³-hybridized carbons (Fsp3) is 0.227. The Hall–Kier alpha value is -2.03.